The molecule has 1 atom stereocenters. The molecule has 0 aliphatic carbocycles. The normalized spacial score (nSPS) is 12.4. The van der Waals surface area contributed by atoms with Crippen LogP contribution in [-0.4, -0.2) is 19.7 Å². The third-order valence-electron chi connectivity index (χ3n) is 5.43. The standard InChI is InChI=1S/C24H20N4O/c1-2-18(16-10-5-3-6-11-16)21-20-22(27-26-21)19-14-9-15-25-23(19)28(24(20)29)17-12-7-4-8-13-17/h3-15,18H,2H2,1H3,(H,26,27). The van der Waals surface area contributed by atoms with Gasteiger partial charge in [-0.1, -0.05) is 55.5 Å². The zero-order valence-electron chi connectivity index (χ0n) is 16.0. The summed E-state index contributed by atoms with van der Waals surface area (Å²) in [5, 5.41) is 9.27. The van der Waals surface area contributed by atoms with Gasteiger partial charge in [0.2, 0.25) is 0 Å². The van der Waals surface area contributed by atoms with Crippen molar-refractivity contribution >= 4 is 21.9 Å². The molecular formula is C24H20N4O. The molecule has 0 amide bonds. The minimum absolute atomic E-state index is 0.0380. The second kappa shape index (κ2) is 7.02. The van der Waals surface area contributed by atoms with Gasteiger partial charge in [0.05, 0.1) is 22.3 Å². The van der Waals surface area contributed by atoms with E-state index in [2.05, 4.69) is 34.2 Å². The van der Waals surface area contributed by atoms with Crippen LogP contribution in [0.2, 0.25) is 0 Å². The van der Waals surface area contributed by atoms with E-state index in [-0.39, 0.29) is 11.5 Å². The Morgan fingerprint density at radius 1 is 0.966 bits per heavy atom. The number of para-hydroxylation sites is 1. The van der Waals surface area contributed by atoms with Gasteiger partial charge in [-0.05, 0) is 36.2 Å². The van der Waals surface area contributed by atoms with Gasteiger partial charge < -0.3 is 0 Å². The number of H-pyrrole nitrogens is 1. The zero-order chi connectivity index (χ0) is 19.8. The smallest absolute Gasteiger partial charge is 0.268 e. The highest BCUT2D eigenvalue weighted by Gasteiger charge is 2.24. The molecule has 29 heavy (non-hydrogen) atoms. The van der Waals surface area contributed by atoms with E-state index in [1.807, 2.05) is 60.7 Å². The van der Waals surface area contributed by atoms with Crippen molar-refractivity contribution in [2.75, 3.05) is 0 Å². The van der Waals surface area contributed by atoms with Crippen LogP contribution in [0.3, 0.4) is 0 Å². The van der Waals surface area contributed by atoms with E-state index in [1.54, 1.807) is 10.8 Å². The number of aromatic nitrogens is 4. The van der Waals surface area contributed by atoms with Crippen molar-refractivity contribution in [2.24, 2.45) is 0 Å². The molecule has 5 aromatic rings. The monoisotopic (exact) mass is 380 g/mol. The van der Waals surface area contributed by atoms with Gasteiger partial charge in [0.15, 0.2) is 0 Å². The number of fused-ring (bicyclic) bond motifs is 3. The predicted molar refractivity (Wildman–Crippen MR) is 116 cm³/mol. The van der Waals surface area contributed by atoms with Gasteiger partial charge in [-0.15, -0.1) is 0 Å². The molecule has 5 heteroatoms. The van der Waals surface area contributed by atoms with Crippen molar-refractivity contribution in [3.63, 3.8) is 0 Å². The maximum absolute atomic E-state index is 13.7. The number of aromatic amines is 1. The fourth-order valence-electron chi connectivity index (χ4n) is 4.09. The molecule has 0 aliphatic heterocycles. The van der Waals surface area contributed by atoms with E-state index >= 15 is 0 Å². The molecule has 142 valence electrons. The number of nitrogens with one attached hydrogen (secondary N) is 1. The molecular weight excluding hydrogens is 360 g/mol. The summed E-state index contributed by atoms with van der Waals surface area (Å²) in [7, 11) is 0. The topological polar surface area (TPSA) is 63.6 Å². The molecule has 3 aromatic heterocycles. The van der Waals surface area contributed by atoms with Crippen LogP contribution in [0.5, 0.6) is 0 Å². The molecule has 0 saturated heterocycles. The average Bonchev–Trinajstić information content (AvgIpc) is 3.22. The highest BCUT2D eigenvalue weighted by atomic mass is 16.1. The Balaban J connectivity index is 1.88. The fraction of sp³-hybridized carbons (Fsp3) is 0.125. The van der Waals surface area contributed by atoms with Gasteiger partial charge in [-0.25, -0.2) is 4.98 Å². The largest absolute Gasteiger partial charge is 0.277 e. The van der Waals surface area contributed by atoms with E-state index < -0.39 is 0 Å². The van der Waals surface area contributed by atoms with Gasteiger partial charge in [0.25, 0.3) is 5.56 Å². The highest BCUT2D eigenvalue weighted by molar-refractivity contribution is 6.03. The van der Waals surface area contributed by atoms with Crippen LogP contribution >= 0.6 is 0 Å². The minimum Gasteiger partial charge on any atom is -0.277 e. The van der Waals surface area contributed by atoms with Crippen molar-refractivity contribution in [1.29, 1.82) is 0 Å². The van der Waals surface area contributed by atoms with Crippen molar-refractivity contribution in [3.05, 3.63) is 101 Å². The Kier molecular flexibility index (Phi) is 4.21. The van der Waals surface area contributed by atoms with Crippen LogP contribution in [0.1, 0.15) is 30.5 Å². The summed E-state index contributed by atoms with van der Waals surface area (Å²) in [4.78, 5) is 18.3. The lowest BCUT2D eigenvalue weighted by molar-refractivity contribution is 0.747. The van der Waals surface area contributed by atoms with Crippen LogP contribution in [0, 0.1) is 0 Å². The molecule has 1 unspecified atom stereocenters. The molecule has 0 radical (unpaired) electrons. The van der Waals surface area contributed by atoms with Gasteiger partial charge in [-0.2, -0.15) is 5.10 Å². The molecule has 0 fully saturated rings. The van der Waals surface area contributed by atoms with E-state index in [1.165, 1.54) is 0 Å². The zero-order valence-corrected chi connectivity index (χ0v) is 16.0. The third kappa shape index (κ3) is 2.74. The number of hydrogen-bond donors (Lipinski definition) is 1. The number of benzene rings is 2. The van der Waals surface area contributed by atoms with Crippen molar-refractivity contribution in [3.8, 4) is 5.69 Å². The Hall–Kier alpha value is -3.73. The minimum atomic E-state index is -0.101. The Bertz CT molecular complexity index is 1350. The molecule has 3 heterocycles. The van der Waals surface area contributed by atoms with E-state index in [0.29, 0.717) is 11.0 Å². The van der Waals surface area contributed by atoms with Crippen LogP contribution < -0.4 is 5.56 Å². The maximum atomic E-state index is 13.7. The molecule has 0 bridgehead atoms. The number of rotatable bonds is 4. The lowest BCUT2D eigenvalue weighted by Gasteiger charge is -2.14. The summed E-state index contributed by atoms with van der Waals surface area (Å²) >= 11 is 0. The first-order chi connectivity index (χ1) is 14.3. The summed E-state index contributed by atoms with van der Waals surface area (Å²) in [6, 6.07) is 23.7. The van der Waals surface area contributed by atoms with Crippen molar-refractivity contribution < 1.29 is 0 Å². The summed E-state index contributed by atoms with van der Waals surface area (Å²) in [6.45, 7) is 2.12. The fourth-order valence-corrected chi connectivity index (χ4v) is 4.09. The predicted octanol–water partition coefficient (Wildman–Crippen LogP) is 4.80. The maximum Gasteiger partial charge on any atom is 0.268 e. The third-order valence-corrected chi connectivity index (χ3v) is 5.43. The first kappa shape index (κ1) is 17.4. The van der Waals surface area contributed by atoms with Crippen LogP contribution in [0.15, 0.2) is 83.8 Å². The van der Waals surface area contributed by atoms with Crippen molar-refractivity contribution in [1.82, 2.24) is 19.7 Å². The van der Waals surface area contributed by atoms with Crippen LogP contribution in [0.25, 0.3) is 27.6 Å². The summed E-state index contributed by atoms with van der Waals surface area (Å²) in [6.07, 6.45) is 2.56. The summed E-state index contributed by atoms with van der Waals surface area (Å²) < 4.78 is 1.69. The number of pyridine rings is 2. The van der Waals surface area contributed by atoms with Gasteiger partial charge >= 0.3 is 0 Å². The molecule has 0 saturated carbocycles. The van der Waals surface area contributed by atoms with E-state index in [4.69, 9.17) is 0 Å². The first-order valence-corrected chi connectivity index (χ1v) is 9.77. The summed E-state index contributed by atoms with van der Waals surface area (Å²) in [5.41, 5.74) is 4.00. The Morgan fingerprint density at radius 2 is 1.69 bits per heavy atom. The van der Waals surface area contributed by atoms with Crippen molar-refractivity contribution in [2.45, 2.75) is 19.3 Å². The van der Waals surface area contributed by atoms with E-state index in [0.717, 1.165) is 34.3 Å². The van der Waals surface area contributed by atoms with Crippen LogP contribution in [0.4, 0.5) is 0 Å². The molecule has 2 aromatic carbocycles. The summed E-state index contributed by atoms with van der Waals surface area (Å²) in [5.74, 6) is 0.0380. The number of hydrogen-bond acceptors (Lipinski definition) is 3. The van der Waals surface area contributed by atoms with Crippen LogP contribution in [-0.2, 0) is 0 Å². The van der Waals surface area contributed by atoms with Gasteiger partial charge in [-0.3, -0.25) is 14.5 Å². The van der Waals surface area contributed by atoms with Gasteiger partial charge in [0.1, 0.15) is 5.65 Å². The first-order valence-electron chi connectivity index (χ1n) is 9.77. The Morgan fingerprint density at radius 3 is 2.41 bits per heavy atom. The lowest BCUT2D eigenvalue weighted by atomic mass is 9.91. The molecule has 1 N–H and O–H groups in total. The average molecular weight is 380 g/mol. The van der Waals surface area contributed by atoms with Gasteiger partial charge in [0, 0.05) is 17.5 Å². The van der Waals surface area contributed by atoms with E-state index in [9.17, 15) is 4.79 Å². The second-order valence-corrected chi connectivity index (χ2v) is 7.08. The molecule has 0 spiro atoms. The molecule has 0 aliphatic rings. The quantitative estimate of drug-likeness (QED) is 0.487. The molecule has 5 nitrogen and oxygen atoms in total. The Labute approximate surface area is 167 Å². The lowest BCUT2D eigenvalue weighted by Crippen LogP contribution is -2.21. The highest BCUT2D eigenvalue weighted by Crippen LogP contribution is 2.32. The number of nitrogens with zero attached hydrogens (tertiary/aromatic N) is 3. The SMILES string of the molecule is CCC(c1ccccc1)c1n[nH]c2c1c(=O)n(-c1ccccc1)c1ncccc21. The molecule has 5 rings (SSSR count). The second-order valence-electron chi connectivity index (χ2n) is 7.08.